The molecule has 0 aliphatic carbocycles. The minimum absolute atomic E-state index is 0. The molecule has 1 aromatic rings. The van der Waals surface area contributed by atoms with E-state index in [4.69, 9.17) is 25.3 Å². The maximum atomic E-state index is 12.8. The molecule has 17 heteroatoms. The molecule has 34 heavy (non-hydrogen) atoms. The van der Waals surface area contributed by atoms with E-state index >= 15 is 0 Å². The van der Waals surface area contributed by atoms with Crippen molar-refractivity contribution in [3.8, 4) is 0 Å². The summed E-state index contributed by atoms with van der Waals surface area (Å²) in [5, 5.41) is 28.4. The zero-order chi connectivity index (χ0) is 24.6. The minimum atomic E-state index is -2.46. The van der Waals surface area contributed by atoms with Gasteiger partial charge in [-0.3, -0.25) is 19.2 Å². The standard InChI is InChI=1S/C17H19N5O10S.Na/c1-16(2,13(26)27)32-21-10(8-6-33-15(18)20-8)11(24)19-7-5-30-22(12(7)25)17(14(28)29)4-3-9(23)31-17;/h6-7H,3-5H2,1-2H3,(H2,18,20)(H,19,24)(H,26,27)(H,28,29);/q;+1/p-1/t7-,17?;/m0./s1. The van der Waals surface area contributed by atoms with Crippen molar-refractivity contribution in [2.75, 3.05) is 12.3 Å². The van der Waals surface area contributed by atoms with Crippen molar-refractivity contribution >= 4 is 51.9 Å². The number of nitrogen functional groups attached to an aromatic ring is 1. The molecule has 1 aromatic heterocycles. The predicted octanol–water partition coefficient (Wildman–Crippen LogP) is -5.64. The number of oxime groups is 1. The quantitative estimate of drug-likeness (QED) is 0.130. The number of carbonyl (C=O) groups is 5. The number of carboxylic acids is 2. The molecular weight excluding hydrogens is 489 g/mol. The molecule has 2 fully saturated rings. The first-order valence-electron chi connectivity index (χ1n) is 9.29. The van der Waals surface area contributed by atoms with Crippen LogP contribution in [0.5, 0.6) is 0 Å². The third-order valence-corrected chi connectivity index (χ3v) is 5.31. The number of hydrogen-bond donors (Lipinski definition) is 3. The number of hydrogen-bond acceptors (Lipinski definition) is 13. The van der Waals surface area contributed by atoms with Crippen LogP contribution in [0, 0.1) is 0 Å². The van der Waals surface area contributed by atoms with E-state index in [1.54, 1.807) is 0 Å². The summed E-state index contributed by atoms with van der Waals surface area (Å²) in [7, 11) is 0. The van der Waals surface area contributed by atoms with Crippen LogP contribution in [0.25, 0.3) is 0 Å². The number of amides is 2. The molecule has 178 valence electrons. The molecule has 0 bridgehead atoms. The molecule has 2 aliphatic rings. The molecule has 0 saturated carbocycles. The third kappa shape index (κ3) is 5.30. The Morgan fingerprint density at radius 3 is 2.62 bits per heavy atom. The van der Waals surface area contributed by atoms with Crippen molar-refractivity contribution in [2.24, 2.45) is 5.16 Å². The van der Waals surface area contributed by atoms with E-state index in [1.165, 1.54) is 19.2 Å². The molecule has 0 radical (unpaired) electrons. The number of ether oxygens (including phenoxy) is 1. The monoisotopic (exact) mass is 507 g/mol. The fourth-order valence-electron chi connectivity index (χ4n) is 2.77. The summed E-state index contributed by atoms with van der Waals surface area (Å²) in [6.45, 7) is 1.89. The van der Waals surface area contributed by atoms with E-state index in [0.29, 0.717) is 5.06 Å². The number of aromatic nitrogens is 1. The van der Waals surface area contributed by atoms with Gasteiger partial charge in [-0.1, -0.05) is 5.16 Å². The number of thiazole rings is 1. The number of cyclic esters (lactones) is 1. The summed E-state index contributed by atoms with van der Waals surface area (Å²) in [6, 6.07) is -1.40. The summed E-state index contributed by atoms with van der Waals surface area (Å²) >= 11 is 0.967. The Morgan fingerprint density at radius 1 is 1.44 bits per heavy atom. The van der Waals surface area contributed by atoms with Crippen LogP contribution >= 0.6 is 11.3 Å². The summed E-state index contributed by atoms with van der Waals surface area (Å²) in [5.74, 6) is -6.13. The maximum Gasteiger partial charge on any atom is 1.00 e. The predicted molar refractivity (Wildman–Crippen MR) is 104 cm³/mol. The summed E-state index contributed by atoms with van der Waals surface area (Å²) in [5.41, 5.74) is 0.764. The molecule has 0 aromatic carbocycles. The number of carbonyl (C=O) groups excluding carboxylic acids is 4. The van der Waals surface area contributed by atoms with Crippen LogP contribution in [0.15, 0.2) is 10.5 Å². The van der Waals surface area contributed by atoms with Gasteiger partial charge >= 0.3 is 41.5 Å². The number of rotatable bonds is 8. The maximum absolute atomic E-state index is 12.8. The van der Waals surface area contributed by atoms with Gasteiger partial charge in [-0.25, -0.2) is 9.78 Å². The van der Waals surface area contributed by atoms with E-state index in [-0.39, 0.29) is 46.8 Å². The van der Waals surface area contributed by atoms with Crippen molar-refractivity contribution < 1.29 is 78.2 Å². The zero-order valence-corrected chi connectivity index (χ0v) is 21.0. The number of nitrogens with one attached hydrogen (secondary N) is 1. The molecule has 0 spiro atoms. The van der Waals surface area contributed by atoms with Crippen LogP contribution in [0.1, 0.15) is 32.4 Å². The molecule has 1 unspecified atom stereocenters. The van der Waals surface area contributed by atoms with Gasteiger partial charge in [0.1, 0.15) is 24.3 Å². The van der Waals surface area contributed by atoms with E-state index in [2.05, 4.69) is 15.5 Å². The SMILES string of the molecule is CC(C)(ON=C(C(=O)N[C@H]1CON(C2(C(=O)[O-])CCC(=O)O2)C1=O)c1csc(N)n1)C(=O)O.[Na+]. The van der Waals surface area contributed by atoms with E-state index in [9.17, 15) is 29.1 Å². The largest absolute Gasteiger partial charge is 1.00 e. The Morgan fingerprint density at radius 2 is 2.12 bits per heavy atom. The summed E-state index contributed by atoms with van der Waals surface area (Å²) in [4.78, 5) is 73.9. The normalized spacial score (nSPS) is 22.7. The molecule has 3 heterocycles. The van der Waals surface area contributed by atoms with Gasteiger partial charge in [0.2, 0.25) is 5.60 Å². The Balaban J connectivity index is 0.00000408. The second kappa shape index (κ2) is 10.2. The van der Waals surface area contributed by atoms with Crippen LogP contribution in [0.2, 0.25) is 0 Å². The first kappa shape index (κ1) is 27.5. The number of hydroxylamine groups is 2. The van der Waals surface area contributed by atoms with Gasteiger partial charge in [-0.2, -0.15) is 5.06 Å². The molecule has 2 amide bonds. The van der Waals surface area contributed by atoms with Crippen molar-refractivity contribution in [1.29, 1.82) is 0 Å². The number of nitrogens with zero attached hydrogens (tertiary/aromatic N) is 3. The van der Waals surface area contributed by atoms with E-state index in [1.807, 2.05) is 0 Å². The average Bonchev–Trinajstić information content (AvgIpc) is 3.42. The third-order valence-electron chi connectivity index (χ3n) is 4.63. The molecule has 2 aliphatic heterocycles. The second-order valence-corrected chi connectivity index (χ2v) is 8.31. The molecular formula is C17H18N5NaO10S. The number of esters is 1. The van der Waals surface area contributed by atoms with Crippen molar-refractivity contribution in [2.45, 2.75) is 44.1 Å². The van der Waals surface area contributed by atoms with Gasteiger partial charge < -0.3 is 35.6 Å². The van der Waals surface area contributed by atoms with E-state index in [0.717, 1.165) is 11.3 Å². The second-order valence-electron chi connectivity index (χ2n) is 7.42. The number of nitrogens with two attached hydrogens (primary N) is 1. The van der Waals surface area contributed by atoms with Gasteiger partial charge in [-0.05, 0) is 13.8 Å². The van der Waals surface area contributed by atoms with Crippen LogP contribution in [-0.4, -0.2) is 74.6 Å². The molecule has 2 saturated heterocycles. The first-order chi connectivity index (χ1) is 15.4. The van der Waals surface area contributed by atoms with Crippen molar-refractivity contribution in [3.05, 3.63) is 11.1 Å². The van der Waals surface area contributed by atoms with Crippen molar-refractivity contribution in [3.63, 3.8) is 0 Å². The van der Waals surface area contributed by atoms with E-state index < -0.39 is 65.8 Å². The van der Waals surface area contributed by atoms with Gasteiger partial charge in [0.15, 0.2) is 10.8 Å². The van der Waals surface area contributed by atoms with Gasteiger partial charge in [0.05, 0.1) is 6.42 Å². The number of aliphatic carboxylic acids is 2. The molecule has 4 N–H and O–H groups in total. The Kier molecular flexibility index (Phi) is 8.26. The van der Waals surface area contributed by atoms with Gasteiger partial charge in [-0.15, -0.1) is 11.3 Å². The molecule has 15 nitrogen and oxygen atoms in total. The average molecular weight is 507 g/mol. The fraction of sp³-hybridized carbons (Fsp3) is 0.471. The number of carboxylic acid groups (broad SMARTS) is 2. The number of anilines is 1. The summed E-state index contributed by atoms with van der Waals surface area (Å²) in [6.07, 6.45) is -0.680. The first-order valence-corrected chi connectivity index (χ1v) is 10.2. The van der Waals surface area contributed by atoms with Gasteiger partial charge in [0.25, 0.3) is 17.5 Å². The Hall–Kier alpha value is -2.79. The smallest absolute Gasteiger partial charge is 0.544 e. The van der Waals surface area contributed by atoms with Crippen LogP contribution in [0.3, 0.4) is 0 Å². The Bertz CT molecular complexity index is 1060. The van der Waals surface area contributed by atoms with Crippen LogP contribution < -0.4 is 45.7 Å². The molecule has 3 rings (SSSR count). The van der Waals surface area contributed by atoms with Gasteiger partial charge in [0, 0.05) is 11.8 Å². The molecule has 2 atom stereocenters. The minimum Gasteiger partial charge on any atom is -0.544 e. The van der Waals surface area contributed by atoms with Crippen LogP contribution in [-0.2, 0) is 38.4 Å². The Labute approximate surface area is 217 Å². The zero-order valence-electron chi connectivity index (χ0n) is 18.2. The van der Waals surface area contributed by atoms with Crippen LogP contribution in [0.4, 0.5) is 5.13 Å². The summed E-state index contributed by atoms with van der Waals surface area (Å²) < 4.78 is 4.78. The fourth-order valence-corrected chi connectivity index (χ4v) is 3.32. The topological polar surface area (TPSA) is 223 Å². The van der Waals surface area contributed by atoms with Crippen molar-refractivity contribution in [1.82, 2.24) is 15.4 Å².